The van der Waals surface area contributed by atoms with Crippen LogP contribution in [0.1, 0.15) is 24.6 Å². The summed E-state index contributed by atoms with van der Waals surface area (Å²) in [7, 11) is 3.91. The Balaban J connectivity index is 2.51. The van der Waals surface area contributed by atoms with Crippen molar-refractivity contribution in [3.8, 4) is 11.1 Å². The molecule has 0 saturated heterocycles. The van der Waals surface area contributed by atoms with Gasteiger partial charge in [0, 0.05) is 30.4 Å². The lowest BCUT2D eigenvalue weighted by Gasteiger charge is -2.10. The number of hydrogen-bond acceptors (Lipinski definition) is 2. The van der Waals surface area contributed by atoms with E-state index in [2.05, 4.69) is 29.6 Å². The van der Waals surface area contributed by atoms with Gasteiger partial charge in [0.2, 0.25) is 0 Å². The SMILES string of the molecule is CCCc1nn(C)cc1-c1ccc(Cl)cc1CNC. The van der Waals surface area contributed by atoms with Crippen LogP contribution in [0.15, 0.2) is 24.4 Å². The van der Waals surface area contributed by atoms with Crippen LogP contribution in [0, 0.1) is 0 Å². The molecule has 0 bridgehead atoms. The van der Waals surface area contributed by atoms with Gasteiger partial charge in [0.25, 0.3) is 0 Å². The number of halogens is 1. The first-order valence-corrected chi connectivity index (χ1v) is 6.99. The van der Waals surface area contributed by atoms with Crippen molar-refractivity contribution in [2.24, 2.45) is 7.05 Å². The van der Waals surface area contributed by atoms with Gasteiger partial charge in [-0.05, 0) is 36.7 Å². The topological polar surface area (TPSA) is 29.9 Å². The number of rotatable bonds is 5. The van der Waals surface area contributed by atoms with Crippen molar-refractivity contribution in [2.75, 3.05) is 7.05 Å². The van der Waals surface area contributed by atoms with Crippen molar-refractivity contribution < 1.29 is 0 Å². The first kappa shape index (κ1) is 14.1. The molecule has 0 fully saturated rings. The third kappa shape index (κ3) is 3.17. The van der Waals surface area contributed by atoms with Crippen molar-refractivity contribution in [2.45, 2.75) is 26.3 Å². The highest BCUT2D eigenvalue weighted by molar-refractivity contribution is 6.30. The number of nitrogens with zero attached hydrogens (tertiary/aromatic N) is 2. The van der Waals surface area contributed by atoms with E-state index in [4.69, 9.17) is 11.6 Å². The quantitative estimate of drug-likeness (QED) is 0.908. The molecule has 1 aromatic heterocycles. The van der Waals surface area contributed by atoms with Gasteiger partial charge in [-0.15, -0.1) is 0 Å². The van der Waals surface area contributed by atoms with Crippen LogP contribution in [0.3, 0.4) is 0 Å². The van der Waals surface area contributed by atoms with Gasteiger partial charge in [0.1, 0.15) is 0 Å². The van der Waals surface area contributed by atoms with Crippen LogP contribution in [0.25, 0.3) is 11.1 Å². The molecule has 0 radical (unpaired) electrons. The molecule has 1 heterocycles. The van der Waals surface area contributed by atoms with E-state index >= 15 is 0 Å². The molecule has 4 heteroatoms. The summed E-state index contributed by atoms with van der Waals surface area (Å²) < 4.78 is 1.89. The van der Waals surface area contributed by atoms with Gasteiger partial charge < -0.3 is 5.32 Å². The smallest absolute Gasteiger partial charge is 0.0702 e. The predicted molar refractivity (Wildman–Crippen MR) is 80.4 cm³/mol. The summed E-state index contributed by atoms with van der Waals surface area (Å²) in [4.78, 5) is 0. The Labute approximate surface area is 119 Å². The minimum absolute atomic E-state index is 0.773. The van der Waals surface area contributed by atoms with Crippen LogP contribution in [0.5, 0.6) is 0 Å². The summed E-state index contributed by atoms with van der Waals surface area (Å²) in [5, 5.41) is 8.53. The molecular weight excluding hydrogens is 258 g/mol. The van der Waals surface area contributed by atoms with Crippen LogP contribution in [-0.2, 0) is 20.0 Å². The lowest BCUT2D eigenvalue weighted by Crippen LogP contribution is -2.06. The molecule has 0 aliphatic rings. The molecule has 19 heavy (non-hydrogen) atoms. The van der Waals surface area contributed by atoms with E-state index in [1.807, 2.05) is 30.9 Å². The molecule has 2 aromatic rings. The summed E-state index contributed by atoms with van der Waals surface area (Å²) in [5.41, 5.74) is 4.80. The van der Waals surface area contributed by atoms with Gasteiger partial charge in [-0.2, -0.15) is 5.10 Å². The first-order chi connectivity index (χ1) is 9.15. The van der Waals surface area contributed by atoms with E-state index in [9.17, 15) is 0 Å². The largest absolute Gasteiger partial charge is 0.316 e. The Morgan fingerprint density at radius 1 is 1.32 bits per heavy atom. The first-order valence-electron chi connectivity index (χ1n) is 6.61. The molecule has 0 aliphatic carbocycles. The number of benzene rings is 1. The van der Waals surface area contributed by atoms with Crippen LogP contribution in [0.4, 0.5) is 0 Å². The van der Waals surface area contributed by atoms with Crippen LogP contribution in [-0.4, -0.2) is 16.8 Å². The average Bonchev–Trinajstić information content (AvgIpc) is 2.71. The van der Waals surface area contributed by atoms with Crippen molar-refractivity contribution in [3.63, 3.8) is 0 Å². The molecular formula is C15H20ClN3. The summed E-state index contributed by atoms with van der Waals surface area (Å²) in [5.74, 6) is 0. The standard InChI is InChI=1S/C15H20ClN3/c1-4-5-15-14(10-19(3)18-15)13-7-6-12(16)8-11(13)9-17-2/h6-8,10,17H,4-5,9H2,1-3H3. The maximum absolute atomic E-state index is 6.10. The Morgan fingerprint density at radius 2 is 2.11 bits per heavy atom. The second kappa shape index (κ2) is 6.22. The fourth-order valence-electron chi connectivity index (χ4n) is 2.34. The third-order valence-corrected chi connectivity index (χ3v) is 3.35. The van der Waals surface area contributed by atoms with Gasteiger partial charge in [-0.25, -0.2) is 0 Å². The molecule has 3 nitrogen and oxygen atoms in total. The third-order valence-electron chi connectivity index (χ3n) is 3.12. The lowest BCUT2D eigenvalue weighted by atomic mass is 9.98. The second-order valence-corrected chi connectivity index (χ2v) is 5.18. The van der Waals surface area contributed by atoms with E-state index < -0.39 is 0 Å². The maximum atomic E-state index is 6.10. The summed E-state index contributed by atoms with van der Waals surface area (Å²) in [6.07, 6.45) is 4.18. The van der Waals surface area contributed by atoms with Gasteiger partial charge >= 0.3 is 0 Å². The van der Waals surface area contributed by atoms with E-state index in [1.165, 1.54) is 16.7 Å². The summed E-state index contributed by atoms with van der Waals surface area (Å²) >= 11 is 6.10. The Morgan fingerprint density at radius 3 is 2.79 bits per heavy atom. The molecule has 1 N–H and O–H groups in total. The summed E-state index contributed by atoms with van der Waals surface area (Å²) in [6.45, 7) is 2.98. The van der Waals surface area contributed by atoms with Crippen molar-refractivity contribution in [3.05, 3.63) is 40.7 Å². The minimum atomic E-state index is 0.773. The zero-order chi connectivity index (χ0) is 13.8. The predicted octanol–water partition coefficient (Wildman–Crippen LogP) is 3.41. The number of nitrogens with one attached hydrogen (secondary N) is 1. The van der Waals surface area contributed by atoms with Crippen LogP contribution >= 0.6 is 11.6 Å². The monoisotopic (exact) mass is 277 g/mol. The van der Waals surface area contributed by atoms with Crippen molar-refractivity contribution >= 4 is 11.6 Å². The van der Waals surface area contributed by atoms with Gasteiger partial charge in [0.15, 0.2) is 0 Å². The molecule has 0 atom stereocenters. The minimum Gasteiger partial charge on any atom is -0.316 e. The van der Waals surface area contributed by atoms with Gasteiger partial charge in [-0.3, -0.25) is 4.68 Å². The second-order valence-electron chi connectivity index (χ2n) is 4.74. The van der Waals surface area contributed by atoms with E-state index in [0.29, 0.717) is 0 Å². The Bertz CT molecular complexity index is 561. The lowest BCUT2D eigenvalue weighted by molar-refractivity contribution is 0.733. The normalized spacial score (nSPS) is 10.9. The molecule has 0 spiro atoms. The fraction of sp³-hybridized carbons (Fsp3) is 0.400. The molecule has 0 unspecified atom stereocenters. The molecule has 2 rings (SSSR count). The number of hydrogen-bond donors (Lipinski definition) is 1. The van der Waals surface area contributed by atoms with Crippen LogP contribution in [0.2, 0.25) is 5.02 Å². The zero-order valence-corrected chi connectivity index (χ0v) is 12.5. The molecule has 102 valence electrons. The zero-order valence-electron chi connectivity index (χ0n) is 11.7. The van der Waals surface area contributed by atoms with E-state index in [0.717, 1.165) is 30.1 Å². The highest BCUT2D eigenvalue weighted by Crippen LogP contribution is 2.29. The van der Waals surface area contributed by atoms with E-state index in [1.54, 1.807) is 0 Å². The summed E-state index contributed by atoms with van der Waals surface area (Å²) in [6, 6.07) is 6.06. The number of aryl methyl sites for hydroxylation is 2. The molecule has 0 amide bonds. The van der Waals surface area contributed by atoms with Gasteiger partial charge in [0.05, 0.1) is 5.69 Å². The molecule has 1 aromatic carbocycles. The average molecular weight is 278 g/mol. The Kier molecular flexibility index (Phi) is 4.61. The van der Waals surface area contributed by atoms with Gasteiger partial charge in [-0.1, -0.05) is 31.0 Å². The molecule has 0 aliphatic heterocycles. The maximum Gasteiger partial charge on any atom is 0.0702 e. The van der Waals surface area contributed by atoms with Crippen molar-refractivity contribution in [1.29, 1.82) is 0 Å². The molecule has 0 saturated carbocycles. The highest BCUT2D eigenvalue weighted by atomic mass is 35.5. The van der Waals surface area contributed by atoms with Crippen LogP contribution < -0.4 is 5.32 Å². The fourth-order valence-corrected chi connectivity index (χ4v) is 2.54. The van der Waals surface area contributed by atoms with E-state index in [-0.39, 0.29) is 0 Å². The highest BCUT2D eigenvalue weighted by Gasteiger charge is 2.13. The Hall–Kier alpha value is -1.32. The van der Waals surface area contributed by atoms with Crippen molar-refractivity contribution in [1.82, 2.24) is 15.1 Å². The number of aromatic nitrogens is 2.